The summed E-state index contributed by atoms with van der Waals surface area (Å²) in [5.41, 5.74) is 10.6. The van der Waals surface area contributed by atoms with Crippen LogP contribution in [0.3, 0.4) is 0 Å². The van der Waals surface area contributed by atoms with Gasteiger partial charge in [0.2, 0.25) is 5.69 Å². The van der Waals surface area contributed by atoms with Crippen LogP contribution < -0.4 is 0 Å². The standard InChI is InChI=1S/C62H32N4OS2/c1-64-55-52(35-16-4-2-5-17-35)46(34-63)56(65-47-24-12-8-23-45(47)54-48(65)33-32-43-38-21-10-14-26-50(38)68-61(43)54)53(36-18-6-3-7-19-36)59(55)66-57-40(28-30-42-37-20-9-13-25-49(37)67-60(42)57)41-29-31-44-39-22-11-15-27-51(39)69-62(44)58(41)66/h2-33H. The minimum Gasteiger partial charge on any atom is -0.454 e. The number of hydrogen-bond acceptors (Lipinski definition) is 4. The quantitative estimate of drug-likeness (QED) is 0.165. The summed E-state index contributed by atoms with van der Waals surface area (Å²) >= 11 is 3.58. The molecule has 0 aliphatic heterocycles. The van der Waals surface area contributed by atoms with Gasteiger partial charge in [0.05, 0.1) is 50.3 Å². The van der Waals surface area contributed by atoms with E-state index in [0.29, 0.717) is 28.2 Å². The highest BCUT2D eigenvalue weighted by atomic mass is 32.1. The van der Waals surface area contributed by atoms with Crippen molar-refractivity contribution in [2.45, 2.75) is 0 Å². The van der Waals surface area contributed by atoms with Crippen LogP contribution in [-0.4, -0.2) is 9.13 Å². The summed E-state index contributed by atoms with van der Waals surface area (Å²) in [5.74, 6) is 0. The van der Waals surface area contributed by atoms with Gasteiger partial charge in [0.1, 0.15) is 11.7 Å². The first-order valence-corrected chi connectivity index (χ1v) is 24.5. The van der Waals surface area contributed by atoms with E-state index in [4.69, 9.17) is 4.42 Å². The third-order valence-corrected chi connectivity index (χ3v) is 16.6. The average molecular weight is 913 g/mol. The van der Waals surface area contributed by atoms with E-state index in [1.165, 1.54) is 30.3 Å². The topological polar surface area (TPSA) is 51.1 Å². The highest BCUT2D eigenvalue weighted by Crippen LogP contribution is 2.55. The third kappa shape index (κ3) is 5.10. The van der Waals surface area contributed by atoms with Gasteiger partial charge < -0.3 is 13.6 Å². The second-order valence-electron chi connectivity index (χ2n) is 17.6. The lowest BCUT2D eigenvalue weighted by Gasteiger charge is -2.25. The van der Waals surface area contributed by atoms with E-state index in [2.05, 4.69) is 166 Å². The molecule has 0 saturated carbocycles. The van der Waals surface area contributed by atoms with E-state index >= 15 is 0 Å². The van der Waals surface area contributed by atoms with E-state index < -0.39 is 0 Å². The van der Waals surface area contributed by atoms with Crippen molar-refractivity contribution in [1.82, 2.24) is 9.13 Å². The molecule has 318 valence electrons. The number of furan rings is 1. The molecule has 0 saturated heterocycles. The van der Waals surface area contributed by atoms with Crippen LogP contribution >= 0.6 is 22.7 Å². The summed E-state index contributed by atoms with van der Waals surface area (Å²) < 4.78 is 16.4. The number of aromatic nitrogens is 2. The molecule has 0 amide bonds. The monoisotopic (exact) mass is 912 g/mol. The first-order chi connectivity index (χ1) is 34.2. The van der Waals surface area contributed by atoms with Gasteiger partial charge in [-0.2, -0.15) is 5.26 Å². The van der Waals surface area contributed by atoms with Gasteiger partial charge in [-0.15, -0.1) is 22.7 Å². The van der Waals surface area contributed by atoms with Crippen molar-refractivity contribution in [3.8, 4) is 39.7 Å². The van der Waals surface area contributed by atoms with E-state index in [1.807, 2.05) is 59.9 Å². The molecule has 69 heavy (non-hydrogen) atoms. The molecule has 0 N–H and O–H groups in total. The van der Waals surface area contributed by atoms with Crippen LogP contribution in [0.2, 0.25) is 0 Å². The summed E-state index contributed by atoms with van der Waals surface area (Å²) in [7, 11) is 0. The Morgan fingerprint density at radius 3 is 1.71 bits per heavy atom. The van der Waals surface area contributed by atoms with Crippen molar-refractivity contribution in [1.29, 1.82) is 5.26 Å². The van der Waals surface area contributed by atoms with Crippen molar-refractivity contribution in [3.05, 3.63) is 211 Å². The van der Waals surface area contributed by atoms with Gasteiger partial charge >= 0.3 is 0 Å². The van der Waals surface area contributed by atoms with Crippen molar-refractivity contribution in [3.63, 3.8) is 0 Å². The predicted octanol–water partition coefficient (Wildman–Crippen LogP) is 18.3. The lowest BCUT2D eigenvalue weighted by Crippen LogP contribution is -2.09. The smallest absolute Gasteiger partial charge is 0.220 e. The zero-order valence-electron chi connectivity index (χ0n) is 36.5. The fraction of sp³-hybridized carbons (Fsp3) is 0. The Morgan fingerprint density at radius 1 is 0.449 bits per heavy atom. The molecule has 0 atom stereocenters. The van der Waals surface area contributed by atoms with Crippen LogP contribution in [0, 0.1) is 17.9 Å². The van der Waals surface area contributed by atoms with Crippen molar-refractivity contribution < 1.29 is 4.42 Å². The Kier molecular flexibility index (Phi) is 7.89. The largest absolute Gasteiger partial charge is 0.454 e. The zero-order chi connectivity index (χ0) is 45.5. The minimum atomic E-state index is 0.387. The molecule has 5 heterocycles. The Morgan fingerprint density at radius 2 is 1.00 bits per heavy atom. The van der Waals surface area contributed by atoms with Gasteiger partial charge in [0, 0.05) is 79.1 Å². The maximum atomic E-state index is 12.0. The lowest BCUT2D eigenvalue weighted by molar-refractivity contribution is 0.671. The van der Waals surface area contributed by atoms with E-state index in [-0.39, 0.29) is 0 Å². The van der Waals surface area contributed by atoms with Gasteiger partial charge in [-0.1, -0.05) is 158 Å². The molecule has 0 radical (unpaired) electrons. The van der Waals surface area contributed by atoms with Crippen molar-refractivity contribution in [2.75, 3.05) is 0 Å². The molecular formula is C62H32N4OS2. The van der Waals surface area contributed by atoms with Crippen LogP contribution in [0.1, 0.15) is 5.56 Å². The molecule has 15 rings (SSSR count). The Bertz CT molecular complexity index is 4670. The molecular weight excluding hydrogens is 881 g/mol. The van der Waals surface area contributed by atoms with Gasteiger partial charge in [-0.3, -0.25) is 0 Å². The van der Waals surface area contributed by atoms with Gasteiger partial charge in [0.25, 0.3) is 0 Å². The van der Waals surface area contributed by atoms with Crippen LogP contribution in [-0.2, 0) is 0 Å². The SMILES string of the molecule is [C-]#[N+]c1c(-c2ccccc2)c(C#N)c(-n2c3ccccc3c3c4sc5ccccc5c4ccc32)c(-c2ccccc2)c1-n1c2c(ccc3c4ccccc4oc32)c2ccc3c4ccccc4sc3c21. The average Bonchev–Trinajstić information content (AvgIpc) is 4.22. The molecule has 5 nitrogen and oxygen atoms in total. The second-order valence-corrected chi connectivity index (χ2v) is 19.7. The summed E-state index contributed by atoms with van der Waals surface area (Å²) in [4.78, 5) is 4.61. The third-order valence-electron chi connectivity index (χ3n) is 14.2. The highest BCUT2D eigenvalue weighted by molar-refractivity contribution is 7.27. The molecule has 0 unspecified atom stereocenters. The molecule has 0 aliphatic rings. The molecule has 0 aliphatic carbocycles. The summed E-state index contributed by atoms with van der Waals surface area (Å²) in [6, 6.07) is 70.6. The first-order valence-electron chi connectivity index (χ1n) is 22.9. The second kappa shape index (κ2) is 14.3. The maximum absolute atomic E-state index is 12.0. The number of nitrogens with zero attached hydrogens (tertiary/aromatic N) is 4. The molecule has 10 aromatic carbocycles. The molecule has 5 aromatic heterocycles. The minimum absolute atomic E-state index is 0.387. The molecule has 0 fully saturated rings. The number of nitriles is 1. The van der Waals surface area contributed by atoms with E-state index in [9.17, 15) is 11.8 Å². The van der Waals surface area contributed by atoms with Crippen LogP contribution in [0.4, 0.5) is 5.69 Å². The van der Waals surface area contributed by atoms with Crippen LogP contribution in [0.5, 0.6) is 0 Å². The van der Waals surface area contributed by atoms with Gasteiger partial charge in [-0.25, -0.2) is 4.85 Å². The normalized spacial score (nSPS) is 12.0. The lowest BCUT2D eigenvalue weighted by atomic mass is 9.88. The number of rotatable bonds is 4. The molecule has 7 heteroatoms. The predicted molar refractivity (Wildman–Crippen MR) is 290 cm³/mol. The number of hydrogen-bond donors (Lipinski definition) is 0. The van der Waals surface area contributed by atoms with E-state index in [1.54, 1.807) is 11.3 Å². The Labute approximate surface area is 401 Å². The fourth-order valence-electron chi connectivity index (χ4n) is 11.4. The fourth-order valence-corrected chi connectivity index (χ4v) is 13.9. The Balaban J connectivity index is 1.25. The Hall–Kier alpha value is -8.98. The zero-order valence-corrected chi connectivity index (χ0v) is 38.1. The number of fused-ring (bicyclic) bond motifs is 18. The van der Waals surface area contributed by atoms with Crippen LogP contribution in [0.15, 0.2) is 199 Å². The summed E-state index contributed by atoms with van der Waals surface area (Å²) in [6.45, 7) is 9.45. The number of para-hydroxylation sites is 2. The summed E-state index contributed by atoms with van der Waals surface area (Å²) in [5, 5.41) is 23.1. The molecule has 0 bridgehead atoms. The highest BCUT2D eigenvalue weighted by Gasteiger charge is 2.33. The van der Waals surface area contributed by atoms with Crippen molar-refractivity contribution >= 4 is 134 Å². The number of benzene rings is 10. The molecule has 15 aromatic rings. The van der Waals surface area contributed by atoms with Crippen LogP contribution in [0.25, 0.3) is 144 Å². The molecule has 0 spiro atoms. The van der Waals surface area contributed by atoms with Gasteiger partial charge in [0.15, 0.2) is 5.58 Å². The number of thiophene rings is 2. The van der Waals surface area contributed by atoms with E-state index in [0.717, 1.165) is 92.3 Å². The van der Waals surface area contributed by atoms with Crippen molar-refractivity contribution in [2.24, 2.45) is 0 Å². The first kappa shape index (κ1) is 38.2. The summed E-state index contributed by atoms with van der Waals surface area (Å²) in [6.07, 6.45) is 0. The maximum Gasteiger partial charge on any atom is 0.220 e. The van der Waals surface area contributed by atoms with Gasteiger partial charge in [-0.05, 0) is 47.5 Å².